The highest BCUT2D eigenvalue weighted by Gasteiger charge is 2.34. The highest BCUT2D eigenvalue weighted by Crippen LogP contribution is 2.36. The van der Waals surface area contributed by atoms with E-state index < -0.39 is 0 Å². The van der Waals surface area contributed by atoms with Crippen LogP contribution in [0, 0.1) is 11.8 Å². The Hall–Kier alpha value is -0.340. The average Bonchev–Trinajstić information content (AvgIpc) is 2.46. The van der Waals surface area contributed by atoms with Crippen molar-refractivity contribution in [3.05, 3.63) is 12.2 Å². The second kappa shape index (κ2) is 3.81. The van der Waals surface area contributed by atoms with Gasteiger partial charge >= 0.3 is 0 Å². The molecule has 2 nitrogen and oxygen atoms in total. The van der Waals surface area contributed by atoms with E-state index in [0.29, 0.717) is 24.0 Å². The predicted octanol–water partition coefficient (Wildman–Crippen LogP) is 2.00. The maximum atomic E-state index is 5.50. The Labute approximate surface area is 79.9 Å². The van der Waals surface area contributed by atoms with Crippen LogP contribution in [0.3, 0.4) is 0 Å². The third kappa shape index (κ3) is 1.65. The lowest BCUT2D eigenvalue weighted by atomic mass is 9.89. The molecule has 0 amide bonds. The van der Waals surface area contributed by atoms with Gasteiger partial charge in [-0.2, -0.15) is 0 Å². The van der Waals surface area contributed by atoms with Crippen LogP contribution in [0.5, 0.6) is 0 Å². The normalized spacial score (nSPS) is 43.5. The minimum Gasteiger partial charge on any atom is -0.381 e. The van der Waals surface area contributed by atoms with Crippen molar-refractivity contribution >= 4 is 0 Å². The molecule has 2 heteroatoms. The molecule has 0 unspecified atom stereocenters. The largest absolute Gasteiger partial charge is 0.381 e. The summed E-state index contributed by atoms with van der Waals surface area (Å²) >= 11 is 0. The van der Waals surface area contributed by atoms with Crippen LogP contribution in [0.25, 0.3) is 0 Å². The fourth-order valence-corrected chi connectivity index (χ4v) is 2.60. The third-order valence-electron chi connectivity index (χ3n) is 3.46. The van der Waals surface area contributed by atoms with Crippen LogP contribution < -0.4 is 0 Å². The van der Waals surface area contributed by atoms with E-state index in [1.54, 1.807) is 0 Å². The fourth-order valence-electron chi connectivity index (χ4n) is 2.60. The first-order valence-electron chi connectivity index (χ1n) is 5.09. The predicted molar refractivity (Wildman–Crippen MR) is 51.6 cm³/mol. The maximum absolute atomic E-state index is 5.50. The smallest absolute Gasteiger partial charge is 0.0658 e. The molecule has 3 aliphatic rings. The second-order valence-electron chi connectivity index (χ2n) is 4.07. The highest BCUT2D eigenvalue weighted by molar-refractivity contribution is 5.07. The summed E-state index contributed by atoms with van der Waals surface area (Å²) in [5.74, 6) is 1.25. The monoisotopic (exact) mass is 182 g/mol. The molecule has 0 aliphatic heterocycles. The van der Waals surface area contributed by atoms with E-state index in [2.05, 4.69) is 12.2 Å². The summed E-state index contributed by atoms with van der Waals surface area (Å²) < 4.78 is 11.0. The van der Waals surface area contributed by atoms with Gasteiger partial charge in [0.2, 0.25) is 0 Å². The minimum absolute atomic E-state index is 0.369. The Bertz CT molecular complexity index is 180. The molecule has 0 N–H and O–H groups in total. The standard InChI is InChI=1S/C11H18O2/c1-12-10-7-11(13-2)9-5-3-8(10)4-6-9/h3,5,8-11H,4,6-7H2,1-2H3/t8-,9+,10-,11+. The lowest BCUT2D eigenvalue weighted by Crippen LogP contribution is -2.25. The molecule has 0 spiro atoms. The van der Waals surface area contributed by atoms with E-state index in [-0.39, 0.29) is 0 Å². The molecule has 0 radical (unpaired) electrons. The zero-order valence-corrected chi connectivity index (χ0v) is 8.40. The highest BCUT2D eigenvalue weighted by atomic mass is 16.5. The van der Waals surface area contributed by atoms with E-state index in [1.807, 2.05) is 14.2 Å². The molecule has 74 valence electrons. The molecule has 0 aromatic heterocycles. The molecule has 3 rings (SSSR count). The zero-order valence-electron chi connectivity index (χ0n) is 8.40. The first-order chi connectivity index (χ1) is 6.35. The Morgan fingerprint density at radius 1 is 0.923 bits per heavy atom. The van der Waals surface area contributed by atoms with Crippen LogP contribution in [0.4, 0.5) is 0 Å². The number of methoxy groups -OCH3 is 2. The molecule has 1 saturated carbocycles. The summed E-state index contributed by atoms with van der Waals surface area (Å²) in [7, 11) is 3.62. The SMILES string of the molecule is CO[C@H]1C[C@@H](OC)[C@@H]2C=C[C@H]1CC2. The van der Waals surface area contributed by atoms with E-state index >= 15 is 0 Å². The molecule has 3 aliphatic carbocycles. The molecule has 0 aromatic rings. The summed E-state index contributed by atoms with van der Waals surface area (Å²) in [5, 5.41) is 0. The van der Waals surface area contributed by atoms with Crippen molar-refractivity contribution in [3.63, 3.8) is 0 Å². The maximum Gasteiger partial charge on any atom is 0.0658 e. The number of hydrogen-bond acceptors (Lipinski definition) is 2. The van der Waals surface area contributed by atoms with Gasteiger partial charge < -0.3 is 9.47 Å². The molecule has 0 heterocycles. The molecular weight excluding hydrogens is 164 g/mol. The molecule has 1 fully saturated rings. The Morgan fingerprint density at radius 3 is 1.69 bits per heavy atom. The number of hydrogen-bond donors (Lipinski definition) is 0. The van der Waals surface area contributed by atoms with E-state index in [0.717, 1.165) is 6.42 Å². The lowest BCUT2D eigenvalue weighted by Gasteiger charge is -2.21. The van der Waals surface area contributed by atoms with E-state index in [1.165, 1.54) is 12.8 Å². The first-order valence-corrected chi connectivity index (χ1v) is 5.09. The van der Waals surface area contributed by atoms with Crippen LogP contribution in [0.2, 0.25) is 0 Å². The first kappa shape index (κ1) is 9.22. The number of ether oxygens (including phenoxy) is 2. The van der Waals surface area contributed by atoms with Gasteiger partial charge in [0.25, 0.3) is 0 Å². The molecular formula is C11H18O2. The Balaban J connectivity index is 2.15. The number of fused-ring (bicyclic) bond motifs is 3. The third-order valence-corrected chi connectivity index (χ3v) is 3.46. The summed E-state index contributed by atoms with van der Waals surface area (Å²) in [6.07, 6.45) is 8.96. The van der Waals surface area contributed by atoms with E-state index in [4.69, 9.17) is 9.47 Å². The van der Waals surface area contributed by atoms with Crippen molar-refractivity contribution in [1.29, 1.82) is 0 Å². The van der Waals surface area contributed by atoms with Gasteiger partial charge in [-0.15, -0.1) is 0 Å². The lowest BCUT2D eigenvalue weighted by molar-refractivity contribution is 0.00703. The van der Waals surface area contributed by atoms with Gasteiger partial charge in [-0.25, -0.2) is 0 Å². The van der Waals surface area contributed by atoms with Crippen molar-refractivity contribution in [2.75, 3.05) is 14.2 Å². The van der Waals surface area contributed by atoms with Crippen LogP contribution in [-0.4, -0.2) is 26.4 Å². The molecule has 0 aromatic carbocycles. The average molecular weight is 182 g/mol. The second-order valence-corrected chi connectivity index (χ2v) is 4.07. The number of rotatable bonds is 2. The summed E-state index contributed by atoms with van der Waals surface area (Å²) in [5.41, 5.74) is 0. The van der Waals surface area contributed by atoms with Gasteiger partial charge in [-0.3, -0.25) is 0 Å². The van der Waals surface area contributed by atoms with Crippen LogP contribution in [0.1, 0.15) is 19.3 Å². The van der Waals surface area contributed by atoms with Crippen molar-refractivity contribution in [1.82, 2.24) is 0 Å². The summed E-state index contributed by atoms with van der Waals surface area (Å²) in [6, 6.07) is 0. The van der Waals surface area contributed by atoms with Crippen molar-refractivity contribution in [2.24, 2.45) is 11.8 Å². The quantitative estimate of drug-likeness (QED) is 0.608. The molecule has 2 bridgehead atoms. The molecule has 0 saturated heterocycles. The fraction of sp³-hybridized carbons (Fsp3) is 0.818. The van der Waals surface area contributed by atoms with Crippen molar-refractivity contribution in [2.45, 2.75) is 31.5 Å². The summed E-state index contributed by atoms with van der Waals surface area (Å²) in [4.78, 5) is 0. The van der Waals surface area contributed by atoms with Gasteiger partial charge in [0.15, 0.2) is 0 Å². The molecule has 13 heavy (non-hydrogen) atoms. The van der Waals surface area contributed by atoms with Gasteiger partial charge in [0, 0.05) is 32.5 Å². The Kier molecular flexibility index (Phi) is 2.70. The minimum atomic E-state index is 0.369. The Morgan fingerprint density at radius 2 is 1.38 bits per heavy atom. The van der Waals surface area contributed by atoms with Crippen LogP contribution in [0.15, 0.2) is 12.2 Å². The van der Waals surface area contributed by atoms with Gasteiger partial charge in [0.1, 0.15) is 0 Å². The van der Waals surface area contributed by atoms with Gasteiger partial charge in [-0.05, 0) is 12.8 Å². The topological polar surface area (TPSA) is 18.5 Å². The van der Waals surface area contributed by atoms with E-state index in [9.17, 15) is 0 Å². The van der Waals surface area contributed by atoms with Gasteiger partial charge in [0.05, 0.1) is 12.2 Å². The van der Waals surface area contributed by atoms with Crippen molar-refractivity contribution < 1.29 is 9.47 Å². The summed E-state index contributed by atoms with van der Waals surface area (Å²) in [6.45, 7) is 0. The van der Waals surface area contributed by atoms with Crippen LogP contribution in [-0.2, 0) is 9.47 Å². The van der Waals surface area contributed by atoms with Crippen LogP contribution >= 0.6 is 0 Å². The molecule has 4 atom stereocenters. The van der Waals surface area contributed by atoms with Gasteiger partial charge in [-0.1, -0.05) is 12.2 Å². The van der Waals surface area contributed by atoms with Crippen molar-refractivity contribution in [3.8, 4) is 0 Å². The zero-order chi connectivity index (χ0) is 9.26.